The number of nitrogens with zero attached hydrogens (tertiary/aromatic N) is 4. The Hall–Kier alpha value is -2.62. The van der Waals surface area contributed by atoms with Crippen LogP contribution < -0.4 is 16.0 Å². The molecule has 28 heavy (non-hydrogen) atoms. The average Bonchev–Trinajstić information content (AvgIpc) is 3.35. The number of anilines is 1. The van der Waals surface area contributed by atoms with Gasteiger partial charge in [0.25, 0.3) is 0 Å². The Bertz CT molecular complexity index is 871. The summed E-state index contributed by atoms with van der Waals surface area (Å²) in [6, 6.07) is 7.86. The van der Waals surface area contributed by atoms with Gasteiger partial charge in [-0.15, -0.1) is 10.2 Å². The quantitative estimate of drug-likeness (QED) is 0.479. The van der Waals surface area contributed by atoms with Crippen molar-refractivity contribution in [1.29, 1.82) is 0 Å². The summed E-state index contributed by atoms with van der Waals surface area (Å²) in [6.45, 7) is 0. The summed E-state index contributed by atoms with van der Waals surface area (Å²) in [5, 5.41) is 21.3. The van der Waals surface area contributed by atoms with E-state index < -0.39 is 0 Å². The van der Waals surface area contributed by atoms with Gasteiger partial charge in [0.2, 0.25) is 11.7 Å². The van der Waals surface area contributed by atoms with E-state index in [1.165, 1.54) is 4.80 Å². The van der Waals surface area contributed by atoms with Crippen LogP contribution in [0.2, 0.25) is 0 Å². The highest BCUT2D eigenvalue weighted by atomic mass is 32.2. The lowest BCUT2D eigenvalue weighted by molar-refractivity contribution is -0.116. The van der Waals surface area contributed by atoms with Crippen LogP contribution in [-0.4, -0.2) is 55.2 Å². The highest BCUT2D eigenvalue weighted by Gasteiger charge is 2.42. The van der Waals surface area contributed by atoms with Gasteiger partial charge in [0.1, 0.15) is 0 Å². The van der Waals surface area contributed by atoms with Gasteiger partial charge in [0, 0.05) is 28.7 Å². The van der Waals surface area contributed by atoms with Crippen molar-refractivity contribution in [3.8, 4) is 11.4 Å². The van der Waals surface area contributed by atoms with Crippen molar-refractivity contribution < 1.29 is 9.59 Å². The molecular weight excluding hydrogens is 378 g/mol. The number of urea groups is 1. The Morgan fingerprint density at radius 1 is 1.36 bits per heavy atom. The lowest BCUT2D eigenvalue weighted by Gasteiger charge is -2.16. The van der Waals surface area contributed by atoms with Gasteiger partial charge in [-0.2, -0.15) is 16.6 Å². The van der Waals surface area contributed by atoms with Gasteiger partial charge in [0.15, 0.2) is 0 Å². The number of aromatic nitrogens is 4. The molecule has 0 radical (unpaired) electrons. The molecule has 3 N–H and O–H groups in total. The third kappa shape index (κ3) is 4.27. The second kappa shape index (κ2) is 8.17. The maximum absolute atomic E-state index is 12.3. The van der Waals surface area contributed by atoms with Gasteiger partial charge in [0.05, 0.1) is 19.1 Å². The van der Waals surface area contributed by atoms with Crippen molar-refractivity contribution in [1.82, 2.24) is 30.8 Å². The zero-order valence-corrected chi connectivity index (χ0v) is 16.4. The minimum Gasteiger partial charge on any atom is -0.332 e. The molecule has 2 aliphatic heterocycles. The molecule has 3 atom stereocenters. The zero-order valence-electron chi connectivity index (χ0n) is 15.6. The average molecular weight is 401 g/mol. The minimum atomic E-state index is -0.0569. The topological polar surface area (TPSA) is 114 Å². The van der Waals surface area contributed by atoms with Gasteiger partial charge < -0.3 is 16.0 Å². The van der Waals surface area contributed by atoms with Crippen LogP contribution in [-0.2, 0) is 11.8 Å². The third-order valence-corrected chi connectivity index (χ3v) is 6.50. The molecule has 2 aliphatic rings. The van der Waals surface area contributed by atoms with Gasteiger partial charge in [-0.25, -0.2) is 4.79 Å². The molecule has 0 spiro atoms. The first-order valence-corrected chi connectivity index (χ1v) is 10.5. The Morgan fingerprint density at radius 2 is 2.25 bits per heavy atom. The molecule has 0 aliphatic carbocycles. The molecule has 3 unspecified atom stereocenters. The predicted molar refractivity (Wildman–Crippen MR) is 107 cm³/mol. The summed E-state index contributed by atoms with van der Waals surface area (Å²) < 4.78 is 0. The number of benzene rings is 1. The van der Waals surface area contributed by atoms with E-state index in [1.54, 1.807) is 7.05 Å². The molecule has 0 bridgehead atoms. The van der Waals surface area contributed by atoms with E-state index in [1.807, 2.05) is 36.0 Å². The third-order valence-electron chi connectivity index (χ3n) is 4.99. The van der Waals surface area contributed by atoms with E-state index in [0.29, 0.717) is 17.5 Å². The number of amides is 3. The number of unbranched alkanes of at least 4 members (excludes halogenated alkanes) is 1. The molecule has 4 rings (SSSR count). The fourth-order valence-corrected chi connectivity index (χ4v) is 5.18. The first-order valence-electron chi connectivity index (χ1n) is 9.41. The molecule has 1 aromatic heterocycles. The Morgan fingerprint density at radius 3 is 3.07 bits per heavy atom. The second-order valence-corrected chi connectivity index (χ2v) is 8.37. The van der Waals surface area contributed by atoms with Crippen LogP contribution in [0.1, 0.15) is 25.7 Å². The SMILES string of the molecule is Cn1nnc(-c2cccc(NC(=O)CCCCC3SCC4NC(=O)NC43)c2)n1. The molecule has 9 nitrogen and oxygen atoms in total. The lowest BCUT2D eigenvalue weighted by Crippen LogP contribution is -2.36. The number of hydrogen-bond donors (Lipinski definition) is 3. The van der Waals surface area contributed by atoms with Crippen molar-refractivity contribution in [2.24, 2.45) is 7.05 Å². The molecule has 3 amide bonds. The second-order valence-electron chi connectivity index (χ2n) is 7.10. The molecule has 0 saturated carbocycles. The maximum Gasteiger partial charge on any atom is 0.315 e. The van der Waals surface area contributed by atoms with E-state index >= 15 is 0 Å². The molecular formula is C18H23N7O2S. The van der Waals surface area contributed by atoms with Crippen molar-refractivity contribution >= 4 is 29.4 Å². The van der Waals surface area contributed by atoms with E-state index in [9.17, 15) is 9.59 Å². The van der Waals surface area contributed by atoms with Crippen molar-refractivity contribution in [2.75, 3.05) is 11.1 Å². The van der Waals surface area contributed by atoms with Crippen LogP contribution in [0.4, 0.5) is 10.5 Å². The van der Waals surface area contributed by atoms with E-state index in [-0.39, 0.29) is 24.0 Å². The number of hydrogen-bond acceptors (Lipinski definition) is 6. The van der Waals surface area contributed by atoms with Gasteiger partial charge in [-0.05, 0) is 30.2 Å². The number of thioether (sulfide) groups is 1. The highest BCUT2D eigenvalue weighted by Crippen LogP contribution is 2.33. The van der Waals surface area contributed by atoms with Gasteiger partial charge in [-0.1, -0.05) is 18.6 Å². The minimum absolute atomic E-state index is 0.00274. The monoisotopic (exact) mass is 401 g/mol. The number of carbonyl (C=O) groups is 2. The van der Waals surface area contributed by atoms with Crippen molar-refractivity contribution in [2.45, 2.75) is 43.0 Å². The van der Waals surface area contributed by atoms with Crippen LogP contribution in [0.25, 0.3) is 11.4 Å². The number of rotatable bonds is 7. The van der Waals surface area contributed by atoms with Crippen LogP contribution in [0.15, 0.2) is 24.3 Å². The zero-order chi connectivity index (χ0) is 19.5. The van der Waals surface area contributed by atoms with E-state index in [0.717, 1.165) is 36.3 Å². The van der Waals surface area contributed by atoms with E-state index in [4.69, 9.17) is 0 Å². The number of aryl methyl sites for hydroxylation is 1. The first kappa shape index (κ1) is 18.7. The smallest absolute Gasteiger partial charge is 0.315 e. The summed E-state index contributed by atoms with van der Waals surface area (Å²) in [5.41, 5.74) is 1.54. The number of tetrazole rings is 1. The molecule has 2 fully saturated rings. The lowest BCUT2D eigenvalue weighted by atomic mass is 10.0. The predicted octanol–water partition coefficient (Wildman–Crippen LogP) is 1.54. The molecule has 2 aromatic rings. The van der Waals surface area contributed by atoms with Gasteiger partial charge in [-0.3, -0.25) is 4.79 Å². The number of fused-ring (bicyclic) bond motifs is 1. The number of nitrogens with one attached hydrogen (secondary N) is 3. The standard InChI is InChI=1S/C18H23N7O2S/c1-25-23-17(22-24-25)11-5-4-6-12(9-11)19-15(26)8-3-2-7-14-16-13(10-28-14)20-18(27)21-16/h4-6,9,13-14,16H,2-3,7-8,10H2,1H3,(H,19,26)(H2,20,21,27). The van der Waals surface area contributed by atoms with Crippen LogP contribution in [0.5, 0.6) is 0 Å². The first-order chi connectivity index (χ1) is 13.6. The molecule has 1 aromatic carbocycles. The van der Waals surface area contributed by atoms with Crippen molar-refractivity contribution in [3.63, 3.8) is 0 Å². The highest BCUT2D eigenvalue weighted by molar-refractivity contribution is 8.00. The van der Waals surface area contributed by atoms with Crippen LogP contribution >= 0.6 is 11.8 Å². The summed E-state index contributed by atoms with van der Waals surface area (Å²) in [4.78, 5) is 25.1. The Balaban J connectivity index is 1.21. The summed E-state index contributed by atoms with van der Waals surface area (Å²) in [5.74, 6) is 1.49. The molecule has 2 saturated heterocycles. The number of carbonyl (C=O) groups excluding carboxylic acids is 2. The van der Waals surface area contributed by atoms with E-state index in [2.05, 4.69) is 31.4 Å². The van der Waals surface area contributed by atoms with Crippen LogP contribution in [0, 0.1) is 0 Å². The molecule has 10 heteroatoms. The largest absolute Gasteiger partial charge is 0.332 e. The Kier molecular flexibility index (Phi) is 5.47. The molecule has 148 valence electrons. The normalized spacial score (nSPS) is 23.2. The summed E-state index contributed by atoms with van der Waals surface area (Å²) in [7, 11) is 1.71. The summed E-state index contributed by atoms with van der Waals surface area (Å²) >= 11 is 1.90. The van der Waals surface area contributed by atoms with Crippen molar-refractivity contribution in [3.05, 3.63) is 24.3 Å². The van der Waals surface area contributed by atoms with Crippen LogP contribution in [0.3, 0.4) is 0 Å². The summed E-state index contributed by atoms with van der Waals surface area (Å²) in [6.07, 6.45) is 3.28. The Labute approximate surface area is 167 Å². The fourth-order valence-electron chi connectivity index (χ4n) is 3.63. The molecule has 3 heterocycles. The van der Waals surface area contributed by atoms with Gasteiger partial charge >= 0.3 is 6.03 Å². The maximum atomic E-state index is 12.3. The fraction of sp³-hybridized carbons (Fsp3) is 0.500.